The van der Waals surface area contributed by atoms with Crippen LogP contribution in [0, 0.1) is 0 Å². The molecule has 2 amide bonds. The molecule has 1 fully saturated rings. The van der Waals surface area contributed by atoms with E-state index < -0.39 is 28.5 Å². The Morgan fingerprint density at radius 1 is 1.03 bits per heavy atom. The molecule has 0 radical (unpaired) electrons. The van der Waals surface area contributed by atoms with Gasteiger partial charge in [0.25, 0.3) is 0 Å². The molecular weight excluding hydrogens is 545 g/mol. The average molecular weight is 575 g/mol. The molecule has 0 spiro atoms. The minimum atomic E-state index is -3.89. The lowest BCUT2D eigenvalue weighted by atomic mass is 9.95. The number of anilines is 1. The molecule has 196 valence electrons. The highest BCUT2D eigenvalue weighted by molar-refractivity contribution is 7.92. The second-order valence-electron chi connectivity index (χ2n) is 9.04. The number of benzene rings is 2. The van der Waals surface area contributed by atoms with Gasteiger partial charge in [0.15, 0.2) is 0 Å². The van der Waals surface area contributed by atoms with Gasteiger partial charge in [-0.2, -0.15) is 0 Å². The van der Waals surface area contributed by atoms with Gasteiger partial charge in [-0.05, 0) is 55.7 Å². The molecule has 36 heavy (non-hydrogen) atoms. The zero-order chi connectivity index (χ0) is 26.5. The number of rotatable bonds is 9. The summed E-state index contributed by atoms with van der Waals surface area (Å²) in [5, 5.41) is 3.97. The summed E-state index contributed by atoms with van der Waals surface area (Å²) in [4.78, 5) is 28.1. The summed E-state index contributed by atoms with van der Waals surface area (Å²) < 4.78 is 26.2. The maximum absolute atomic E-state index is 13.6. The van der Waals surface area contributed by atoms with Crippen LogP contribution in [-0.2, 0) is 26.2 Å². The van der Waals surface area contributed by atoms with Gasteiger partial charge in [0.1, 0.15) is 12.6 Å². The maximum atomic E-state index is 13.6. The first-order valence-electron chi connectivity index (χ1n) is 11.7. The van der Waals surface area contributed by atoms with Gasteiger partial charge in [0, 0.05) is 22.6 Å². The number of amides is 2. The van der Waals surface area contributed by atoms with Crippen LogP contribution < -0.4 is 9.62 Å². The Morgan fingerprint density at radius 3 is 2.31 bits per heavy atom. The first kappa shape index (κ1) is 28.6. The van der Waals surface area contributed by atoms with Crippen molar-refractivity contribution in [2.75, 3.05) is 17.1 Å². The lowest BCUT2D eigenvalue weighted by Crippen LogP contribution is -2.53. The van der Waals surface area contributed by atoms with Gasteiger partial charge in [0.2, 0.25) is 21.8 Å². The summed E-state index contributed by atoms with van der Waals surface area (Å²) >= 11 is 18.4. The summed E-state index contributed by atoms with van der Waals surface area (Å²) in [5.74, 6) is -0.842. The summed E-state index contributed by atoms with van der Waals surface area (Å²) in [6.45, 7) is 1.17. The van der Waals surface area contributed by atoms with E-state index >= 15 is 0 Å². The van der Waals surface area contributed by atoms with Crippen LogP contribution in [0.2, 0.25) is 15.1 Å². The predicted octanol–water partition coefficient (Wildman–Crippen LogP) is 5.28. The van der Waals surface area contributed by atoms with Crippen LogP contribution in [0.3, 0.4) is 0 Å². The number of hydrogen-bond acceptors (Lipinski definition) is 4. The van der Waals surface area contributed by atoms with Crippen molar-refractivity contribution >= 4 is 62.3 Å². The van der Waals surface area contributed by atoms with Crippen LogP contribution >= 0.6 is 34.8 Å². The molecule has 2 aromatic carbocycles. The minimum Gasteiger partial charge on any atom is -0.352 e. The second kappa shape index (κ2) is 12.5. The molecule has 0 bridgehead atoms. The predicted molar refractivity (Wildman–Crippen MR) is 145 cm³/mol. The lowest BCUT2D eigenvalue weighted by molar-refractivity contribution is -0.139. The van der Waals surface area contributed by atoms with Gasteiger partial charge in [0.05, 0.1) is 17.0 Å². The first-order chi connectivity index (χ1) is 17.0. The van der Waals surface area contributed by atoms with Crippen LogP contribution in [0.1, 0.15) is 44.6 Å². The monoisotopic (exact) mass is 573 g/mol. The quantitative estimate of drug-likeness (QED) is 0.442. The third-order valence-electron chi connectivity index (χ3n) is 6.22. The van der Waals surface area contributed by atoms with E-state index in [0.717, 1.165) is 42.7 Å². The molecule has 1 saturated carbocycles. The molecule has 1 aliphatic rings. The minimum absolute atomic E-state index is 0.0669. The van der Waals surface area contributed by atoms with Crippen molar-refractivity contribution in [2.24, 2.45) is 0 Å². The fraction of sp³-hybridized carbons (Fsp3) is 0.440. The standard InChI is InChI=1S/C25H30Cl3N3O4S/c1-17(25(33)29-21-9-4-3-5-10-21)30(15-18-7-6-8-19(26)13-18)24(32)16-31(36(2,34)35)23-12-11-20(27)14-22(23)28/h6-8,11-14,17,21H,3-5,9-10,15-16H2,1-2H3,(H,29,33)/t17-/m0/s1. The van der Waals surface area contributed by atoms with Crippen LogP contribution in [0.5, 0.6) is 0 Å². The van der Waals surface area contributed by atoms with Gasteiger partial charge in [-0.25, -0.2) is 8.42 Å². The molecule has 3 rings (SSSR count). The molecule has 0 saturated heterocycles. The second-order valence-corrected chi connectivity index (χ2v) is 12.2. The Labute approximate surface area is 227 Å². The highest BCUT2D eigenvalue weighted by Crippen LogP contribution is 2.30. The highest BCUT2D eigenvalue weighted by Gasteiger charge is 2.31. The van der Waals surface area contributed by atoms with Crippen LogP contribution in [0.4, 0.5) is 5.69 Å². The number of carbonyl (C=O) groups excluding carboxylic acids is 2. The van der Waals surface area contributed by atoms with Crippen molar-refractivity contribution in [1.82, 2.24) is 10.2 Å². The summed E-state index contributed by atoms with van der Waals surface area (Å²) in [6.07, 6.45) is 6.04. The Bertz CT molecular complexity index is 1200. The number of carbonyl (C=O) groups is 2. The third kappa shape index (κ3) is 7.75. The number of halogens is 3. The van der Waals surface area contributed by atoms with Gasteiger partial charge in [-0.1, -0.05) is 66.2 Å². The highest BCUT2D eigenvalue weighted by atomic mass is 35.5. The third-order valence-corrected chi connectivity index (χ3v) is 8.12. The average Bonchev–Trinajstić information content (AvgIpc) is 2.81. The summed E-state index contributed by atoms with van der Waals surface area (Å²) in [7, 11) is -3.89. The summed E-state index contributed by atoms with van der Waals surface area (Å²) in [5.41, 5.74) is 0.836. The Morgan fingerprint density at radius 2 is 1.69 bits per heavy atom. The molecule has 7 nitrogen and oxygen atoms in total. The molecule has 0 aliphatic heterocycles. The Balaban J connectivity index is 1.89. The van der Waals surface area contributed by atoms with E-state index in [-0.39, 0.29) is 29.2 Å². The number of hydrogen-bond donors (Lipinski definition) is 1. The fourth-order valence-corrected chi connectivity index (χ4v) is 5.90. The molecule has 2 aromatic rings. The van der Waals surface area contributed by atoms with Gasteiger partial charge >= 0.3 is 0 Å². The molecular formula is C25H30Cl3N3O4S. The van der Waals surface area contributed by atoms with Crippen LogP contribution in [-0.4, -0.2) is 50.0 Å². The normalized spacial score (nSPS) is 15.2. The van der Waals surface area contributed by atoms with Crippen molar-refractivity contribution in [1.29, 1.82) is 0 Å². The molecule has 1 N–H and O–H groups in total. The Kier molecular flexibility index (Phi) is 9.92. The van der Waals surface area contributed by atoms with E-state index in [9.17, 15) is 18.0 Å². The molecule has 1 aliphatic carbocycles. The van der Waals surface area contributed by atoms with Crippen molar-refractivity contribution < 1.29 is 18.0 Å². The SMILES string of the molecule is C[C@@H](C(=O)NC1CCCCC1)N(Cc1cccc(Cl)c1)C(=O)CN(c1ccc(Cl)cc1Cl)S(C)(=O)=O. The van der Waals surface area contributed by atoms with E-state index in [4.69, 9.17) is 34.8 Å². The van der Waals surface area contributed by atoms with Gasteiger partial charge < -0.3 is 10.2 Å². The topological polar surface area (TPSA) is 86.8 Å². The van der Waals surface area contributed by atoms with Gasteiger partial charge in [-0.15, -0.1) is 0 Å². The first-order valence-corrected chi connectivity index (χ1v) is 14.7. The molecule has 11 heteroatoms. The van der Waals surface area contributed by atoms with Crippen LogP contribution in [0.25, 0.3) is 0 Å². The van der Waals surface area contributed by atoms with E-state index in [1.54, 1.807) is 31.2 Å². The van der Waals surface area contributed by atoms with E-state index in [1.165, 1.54) is 23.1 Å². The van der Waals surface area contributed by atoms with Crippen molar-refractivity contribution in [3.8, 4) is 0 Å². The maximum Gasteiger partial charge on any atom is 0.244 e. The van der Waals surface area contributed by atoms with E-state index in [0.29, 0.717) is 15.6 Å². The zero-order valence-electron chi connectivity index (χ0n) is 20.2. The number of sulfonamides is 1. The number of nitrogens with zero attached hydrogens (tertiary/aromatic N) is 2. The summed E-state index contributed by atoms with van der Waals surface area (Å²) in [6, 6.07) is 10.5. The Hall–Kier alpha value is -2.00. The van der Waals surface area contributed by atoms with Crippen molar-refractivity contribution in [2.45, 2.75) is 57.7 Å². The smallest absolute Gasteiger partial charge is 0.244 e. The van der Waals surface area contributed by atoms with Crippen molar-refractivity contribution in [3.63, 3.8) is 0 Å². The lowest BCUT2D eigenvalue weighted by Gasteiger charge is -2.33. The van der Waals surface area contributed by atoms with E-state index in [1.807, 2.05) is 0 Å². The largest absolute Gasteiger partial charge is 0.352 e. The fourth-order valence-electron chi connectivity index (χ4n) is 4.26. The van der Waals surface area contributed by atoms with Gasteiger partial charge in [-0.3, -0.25) is 13.9 Å². The molecule has 1 atom stereocenters. The molecule has 0 aromatic heterocycles. The molecule has 0 heterocycles. The zero-order valence-corrected chi connectivity index (χ0v) is 23.3. The van der Waals surface area contributed by atoms with Crippen molar-refractivity contribution in [3.05, 3.63) is 63.1 Å². The number of nitrogens with one attached hydrogen (secondary N) is 1. The van der Waals surface area contributed by atoms with E-state index in [2.05, 4.69) is 5.32 Å². The molecule has 0 unspecified atom stereocenters. The van der Waals surface area contributed by atoms with Crippen LogP contribution in [0.15, 0.2) is 42.5 Å².